The third-order valence-corrected chi connectivity index (χ3v) is 2.52. The summed E-state index contributed by atoms with van der Waals surface area (Å²) in [5, 5.41) is 12.3. The number of pyridine rings is 1. The van der Waals surface area contributed by atoms with E-state index in [0.29, 0.717) is 10.9 Å². The van der Waals surface area contributed by atoms with E-state index in [1.165, 1.54) is 18.3 Å². The molecule has 0 bridgehead atoms. The van der Waals surface area contributed by atoms with Crippen LogP contribution in [0.3, 0.4) is 0 Å². The number of aromatic carboxylic acids is 1. The molecule has 0 aliphatic carbocycles. The molecule has 0 saturated heterocycles. The van der Waals surface area contributed by atoms with Crippen LogP contribution in [0.2, 0.25) is 0 Å². The van der Waals surface area contributed by atoms with Crippen LogP contribution in [0.5, 0.6) is 5.75 Å². The topological polar surface area (TPSA) is 77.2 Å². The highest BCUT2D eigenvalue weighted by molar-refractivity contribution is 5.89. The first-order chi connectivity index (χ1) is 9.86. The van der Waals surface area contributed by atoms with Crippen molar-refractivity contribution in [2.45, 2.75) is 13.1 Å². The molecule has 0 aliphatic heterocycles. The van der Waals surface area contributed by atoms with Crippen molar-refractivity contribution in [3.05, 3.63) is 35.8 Å². The Hall–Kier alpha value is -2.58. The van der Waals surface area contributed by atoms with Crippen LogP contribution in [0.1, 0.15) is 23.0 Å². The monoisotopic (exact) mass is 301 g/mol. The number of carbonyl (C=O) groups is 1. The van der Waals surface area contributed by atoms with E-state index in [-0.39, 0.29) is 18.2 Å². The van der Waals surface area contributed by atoms with Crippen LogP contribution in [0.4, 0.5) is 13.2 Å². The van der Waals surface area contributed by atoms with E-state index in [2.05, 4.69) is 10.1 Å². The molecule has 9 heteroatoms. The smallest absolute Gasteiger partial charge is 0.434 e. The number of alkyl halides is 3. The molecule has 0 spiro atoms. The standard InChI is InChI=1S/C12H10F3N3O3/c1-2-21-8-4-3-5-16-10(8)18-9(12(13,14)15)7(6-17-18)11(19)20/h3-6H,2H2,1H3,(H,19,20). The Morgan fingerprint density at radius 2 is 2.19 bits per heavy atom. The number of ether oxygens (including phenoxy) is 1. The van der Waals surface area contributed by atoms with Crippen molar-refractivity contribution in [3.63, 3.8) is 0 Å². The van der Waals surface area contributed by atoms with Crippen LogP contribution in [0.15, 0.2) is 24.5 Å². The van der Waals surface area contributed by atoms with Gasteiger partial charge in [-0.2, -0.15) is 18.3 Å². The van der Waals surface area contributed by atoms with Gasteiger partial charge < -0.3 is 9.84 Å². The zero-order chi connectivity index (χ0) is 15.6. The van der Waals surface area contributed by atoms with Crippen LogP contribution in [-0.2, 0) is 6.18 Å². The van der Waals surface area contributed by atoms with E-state index in [9.17, 15) is 18.0 Å². The first-order valence-corrected chi connectivity index (χ1v) is 5.83. The van der Waals surface area contributed by atoms with Crippen molar-refractivity contribution >= 4 is 5.97 Å². The Kier molecular flexibility index (Phi) is 3.83. The van der Waals surface area contributed by atoms with Gasteiger partial charge in [0.25, 0.3) is 0 Å². The number of aromatic nitrogens is 3. The summed E-state index contributed by atoms with van der Waals surface area (Å²) in [4.78, 5) is 14.7. The number of carboxylic acids is 1. The summed E-state index contributed by atoms with van der Waals surface area (Å²) in [6.07, 6.45) is -3.00. The zero-order valence-corrected chi connectivity index (χ0v) is 10.8. The van der Waals surface area contributed by atoms with Gasteiger partial charge in [0.15, 0.2) is 17.3 Å². The van der Waals surface area contributed by atoms with E-state index in [1.54, 1.807) is 6.92 Å². The SMILES string of the molecule is CCOc1cccnc1-n1ncc(C(=O)O)c1C(F)(F)F. The largest absolute Gasteiger partial charge is 0.490 e. The van der Waals surface area contributed by atoms with Crippen molar-refractivity contribution < 1.29 is 27.8 Å². The molecule has 1 N–H and O–H groups in total. The Labute approximate surface area is 116 Å². The molecule has 2 aromatic rings. The lowest BCUT2D eigenvalue weighted by Crippen LogP contribution is -2.18. The Morgan fingerprint density at radius 3 is 2.76 bits per heavy atom. The average Bonchev–Trinajstić information content (AvgIpc) is 2.84. The van der Waals surface area contributed by atoms with E-state index in [1.807, 2.05) is 0 Å². The Balaban J connectivity index is 2.68. The fraction of sp³-hybridized carbons (Fsp3) is 0.250. The van der Waals surface area contributed by atoms with Crippen LogP contribution >= 0.6 is 0 Å². The van der Waals surface area contributed by atoms with E-state index in [4.69, 9.17) is 9.84 Å². The summed E-state index contributed by atoms with van der Waals surface area (Å²) in [6.45, 7) is 1.88. The maximum absolute atomic E-state index is 13.1. The van der Waals surface area contributed by atoms with Gasteiger partial charge in [-0.3, -0.25) is 0 Å². The first kappa shape index (κ1) is 14.8. The highest BCUT2D eigenvalue weighted by Gasteiger charge is 2.41. The van der Waals surface area contributed by atoms with Gasteiger partial charge in [0.05, 0.1) is 12.8 Å². The van der Waals surface area contributed by atoms with Gasteiger partial charge in [0, 0.05) is 6.20 Å². The molecule has 2 heterocycles. The van der Waals surface area contributed by atoms with Crippen LogP contribution in [0, 0.1) is 0 Å². The normalized spacial score (nSPS) is 11.4. The van der Waals surface area contributed by atoms with Gasteiger partial charge in [-0.05, 0) is 19.1 Å². The van der Waals surface area contributed by atoms with Gasteiger partial charge >= 0.3 is 12.1 Å². The van der Waals surface area contributed by atoms with E-state index >= 15 is 0 Å². The van der Waals surface area contributed by atoms with Crippen molar-refractivity contribution in [3.8, 4) is 11.6 Å². The van der Waals surface area contributed by atoms with Crippen LogP contribution in [0.25, 0.3) is 5.82 Å². The summed E-state index contributed by atoms with van der Waals surface area (Å²) >= 11 is 0. The number of hydrogen-bond acceptors (Lipinski definition) is 4. The molecule has 0 atom stereocenters. The lowest BCUT2D eigenvalue weighted by molar-refractivity contribution is -0.143. The number of halogens is 3. The summed E-state index contributed by atoms with van der Waals surface area (Å²) in [5.41, 5.74) is -2.36. The predicted molar refractivity (Wildman–Crippen MR) is 64.5 cm³/mol. The molecule has 6 nitrogen and oxygen atoms in total. The molecule has 2 aromatic heterocycles. The molecular formula is C12H10F3N3O3. The second kappa shape index (κ2) is 5.43. The van der Waals surface area contributed by atoms with Crippen LogP contribution in [-0.4, -0.2) is 32.4 Å². The van der Waals surface area contributed by atoms with Gasteiger partial charge in [0.1, 0.15) is 5.56 Å². The third kappa shape index (κ3) is 2.81. The number of hydrogen-bond donors (Lipinski definition) is 1. The molecule has 0 aromatic carbocycles. The second-order valence-corrected chi connectivity index (χ2v) is 3.88. The lowest BCUT2D eigenvalue weighted by atomic mass is 10.2. The number of carboxylic acid groups (broad SMARTS) is 1. The van der Waals surface area contributed by atoms with Crippen molar-refractivity contribution in [1.29, 1.82) is 0 Å². The highest BCUT2D eigenvalue weighted by Crippen LogP contribution is 2.34. The third-order valence-electron chi connectivity index (χ3n) is 2.52. The molecule has 0 aliphatic rings. The van der Waals surface area contributed by atoms with Gasteiger partial charge in [-0.15, -0.1) is 0 Å². The van der Waals surface area contributed by atoms with Gasteiger partial charge in [-0.1, -0.05) is 0 Å². The maximum Gasteiger partial charge on any atom is 0.434 e. The Morgan fingerprint density at radius 1 is 1.48 bits per heavy atom. The number of rotatable bonds is 4. The molecule has 112 valence electrons. The fourth-order valence-electron chi connectivity index (χ4n) is 1.75. The minimum absolute atomic E-state index is 0.0746. The second-order valence-electron chi connectivity index (χ2n) is 3.88. The van der Waals surface area contributed by atoms with Crippen LogP contribution < -0.4 is 4.74 Å². The van der Waals surface area contributed by atoms with Gasteiger partial charge in [-0.25, -0.2) is 14.5 Å². The van der Waals surface area contributed by atoms with E-state index < -0.39 is 23.4 Å². The van der Waals surface area contributed by atoms with E-state index in [0.717, 1.165) is 0 Å². The molecule has 0 amide bonds. The lowest BCUT2D eigenvalue weighted by Gasteiger charge is -2.13. The average molecular weight is 301 g/mol. The highest BCUT2D eigenvalue weighted by atomic mass is 19.4. The molecule has 0 radical (unpaired) electrons. The minimum Gasteiger partial charge on any atom is -0.490 e. The number of nitrogens with zero attached hydrogens (tertiary/aromatic N) is 3. The fourth-order valence-corrected chi connectivity index (χ4v) is 1.75. The van der Waals surface area contributed by atoms with Crippen molar-refractivity contribution in [1.82, 2.24) is 14.8 Å². The van der Waals surface area contributed by atoms with Crippen molar-refractivity contribution in [2.24, 2.45) is 0 Å². The quantitative estimate of drug-likeness (QED) is 0.938. The summed E-state index contributed by atoms with van der Waals surface area (Å²) in [5.74, 6) is -1.87. The minimum atomic E-state index is -4.90. The summed E-state index contributed by atoms with van der Waals surface area (Å²) in [7, 11) is 0. The first-order valence-electron chi connectivity index (χ1n) is 5.83. The molecule has 0 saturated carbocycles. The predicted octanol–water partition coefficient (Wildman–Crippen LogP) is 2.38. The molecule has 2 rings (SSSR count). The maximum atomic E-state index is 13.1. The summed E-state index contributed by atoms with van der Waals surface area (Å²) in [6, 6.07) is 2.91. The molecule has 0 fully saturated rings. The van der Waals surface area contributed by atoms with Crippen molar-refractivity contribution in [2.75, 3.05) is 6.61 Å². The Bertz CT molecular complexity index is 667. The zero-order valence-electron chi connectivity index (χ0n) is 10.8. The molecular weight excluding hydrogens is 291 g/mol. The summed E-state index contributed by atoms with van der Waals surface area (Å²) < 4.78 is 45.0. The molecule has 21 heavy (non-hydrogen) atoms. The molecule has 0 unspecified atom stereocenters. The van der Waals surface area contributed by atoms with Gasteiger partial charge in [0.2, 0.25) is 0 Å².